The zero-order valence-electron chi connectivity index (χ0n) is 14.5. The molecule has 0 spiro atoms. The normalized spacial score (nSPS) is 30.7. The Morgan fingerprint density at radius 3 is 2.39 bits per heavy atom. The van der Waals surface area contributed by atoms with Crippen LogP contribution in [0.3, 0.4) is 0 Å². The van der Waals surface area contributed by atoms with Gasteiger partial charge < -0.3 is 14.4 Å². The highest BCUT2D eigenvalue weighted by atomic mass is 19.1. The van der Waals surface area contributed by atoms with Gasteiger partial charge in [0.05, 0.1) is 13.2 Å². The third-order valence-corrected chi connectivity index (χ3v) is 5.23. The Morgan fingerprint density at radius 2 is 1.87 bits per heavy atom. The SMILES string of the molecule is CC(C)(C)OC(=O)N1CCC(F)(CCN2C3COCC2C3)CC1. The van der Waals surface area contributed by atoms with Gasteiger partial charge in [-0.25, -0.2) is 9.18 Å². The van der Waals surface area contributed by atoms with Crippen molar-refractivity contribution in [2.24, 2.45) is 0 Å². The maximum atomic E-state index is 15.0. The predicted octanol–water partition coefficient (Wildman–Crippen LogP) is 2.59. The first-order chi connectivity index (χ1) is 10.8. The first kappa shape index (κ1) is 17.0. The minimum atomic E-state index is -1.15. The van der Waals surface area contributed by atoms with E-state index in [4.69, 9.17) is 9.47 Å². The Bertz CT molecular complexity index is 430. The number of alkyl halides is 1. The van der Waals surface area contributed by atoms with E-state index in [2.05, 4.69) is 4.90 Å². The van der Waals surface area contributed by atoms with Crippen LogP contribution in [0.1, 0.15) is 46.5 Å². The Balaban J connectivity index is 1.43. The molecule has 0 aliphatic carbocycles. The lowest BCUT2D eigenvalue weighted by atomic mass is 9.86. The summed E-state index contributed by atoms with van der Waals surface area (Å²) in [6, 6.07) is 0.999. The van der Waals surface area contributed by atoms with Gasteiger partial charge in [0.1, 0.15) is 11.3 Å². The second kappa shape index (κ2) is 6.20. The number of ether oxygens (including phenoxy) is 2. The van der Waals surface area contributed by atoms with Gasteiger partial charge in [-0.3, -0.25) is 4.90 Å². The summed E-state index contributed by atoms with van der Waals surface area (Å²) in [4.78, 5) is 16.1. The van der Waals surface area contributed by atoms with Crippen LogP contribution >= 0.6 is 0 Å². The van der Waals surface area contributed by atoms with Gasteiger partial charge in [0.25, 0.3) is 0 Å². The molecule has 5 nitrogen and oxygen atoms in total. The topological polar surface area (TPSA) is 42.0 Å². The lowest BCUT2D eigenvalue weighted by Crippen LogP contribution is -2.64. The summed E-state index contributed by atoms with van der Waals surface area (Å²) in [5, 5.41) is 0. The Morgan fingerprint density at radius 1 is 1.26 bits per heavy atom. The van der Waals surface area contributed by atoms with Crippen LogP contribution in [0.25, 0.3) is 0 Å². The molecule has 0 N–H and O–H groups in total. The van der Waals surface area contributed by atoms with E-state index in [0.29, 0.717) is 44.4 Å². The fourth-order valence-electron chi connectivity index (χ4n) is 3.77. The lowest BCUT2D eigenvalue weighted by molar-refractivity contribution is -0.132. The lowest BCUT2D eigenvalue weighted by Gasteiger charge is -2.53. The first-order valence-electron chi connectivity index (χ1n) is 8.76. The molecule has 1 amide bonds. The molecule has 0 aromatic heterocycles. The van der Waals surface area contributed by atoms with Gasteiger partial charge >= 0.3 is 6.09 Å². The molecule has 0 aromatic carbocycles. The third-order valence-electron chi connectivity index (χ3n) is 5.23. The summed E-state index contributed by atoms with van der Waals surface area (Å²) in [5.41, 5.74) is -1.65. The number of carbonyl (C=O) groups excluding carboxylic acids is 1. The van der Waals surface area contributed by atoms with Gasteiger partial charge in [-0.2, -0.15) is 0 Å². The molecule has 2 atom stereocenters. The molecular weight excluding hydrogens is 299 g/mol. The number of halogens is 1. The molecule has 0 radical (unpaired) electrons. The van der Waals surface area contributed by atoms with E-state index < -0.39 is 11.3 Å². The molecular formula is C17H29FN2O3. The van der Waals surface area contributed by atoms with E-state index >= 15 is 4.39 Å². The van der Waals surface area contributed by atoms with Crippen LogP contribution in [0.4, 0.5) is 9.18 Å². The van der Waals surface area contributed by atoms with Crippen molar-refractivity contribution in [2.45, 2.75) is 69.8 Å². The summed E-state index contributed by atoms with van der Waals surface area (Å²) in [5.74, 6) is 0. The van der Waals surface area contributed by atoms with Crippen LogP contribution in [-0.2, 0) is 9.47 Å². The van der Waals surface area contributed by atoms with E-state index in [9.17, 15) is 4.79 Å². The molecule has 0 saturated carbocycles. The molecule has 132 valence electrons. The Hall–Kier alpha value is -0.880. The number of fused-ring (bicyclic) bond motifs is 2. The second-order valence-corrected chi connectivity index (χ2v) is 8.19. The van der Waals surface area contributed by atoms with Gasteiger partial charge in [0.2, 0.25) is 0 Å². The standard InChI is InChI=1S/C17H29FN2O3/c1-16(2,3)23-15(21)19-7-4-17(18,5-8-19)6-9-20-13-10-14(20)12-22-11-13/h13-14H,4-12H2,1-3H3. The van der Waals surface area contributed by atoms with Crippen molar-refractivity contribution in [2.75, 3.05) is 32.8 Å². The average molecular weight is 328 g/mol. The zero-order valence-corrected chi connectivity index (χ0v) is 14.5. The minimum Gasteiger partial charge on any atom is -0.444 e. The molecule has 3 fully saturated rings. The maximum absolute atomic E-state index is 15.0. The fraction of sp³-hybridized carbons (Fsp3) is 0.941. The summed E-state index contributed by atoms with van der Waals surface area (Å²) in [6.45, 7) is 8.83. The number of carbonyl (C=O) groups is 1. The van der Waals surface area contributed by atoms with Crippen molar-refractivity contribution >= 4 is 6.09 Å². The number of hydrogen-bond acceptors (Lipinski definition) is 4. The van der Waals surface area contributed by atoms with Crippen molar-refractivity contribution < 1.29 is 18.7 Å². The van der Waals surface area contributed by atoms with Crippen molar-refractivity contribution in [3.05, 3.63) is 0 Å². The molecule has 6 heteroatoms. The van der Waals surface area contributed by atoms with E-state index in [-0.39, 0.29) is 6.09 Å². The minimum absolute atomic E-state index is 0.325. The number of hydrogen-bond donors (Lipinski definition) is 0. The molecule has 0 aromatic rings. The summed E-state index contributed by atoms with van der Waals surface area (Å²) in [7, 11) is 0. The van der Waals surface area contributed by atoms with Gasteiger partial charge in [0.15, 0.2) is 0 Å². The van der Waals surface area contributed by atoms with E-state index in [1.165, 1.54) is 6.42 Å². The highest BCUT2D eigenvalue weighted by Crippen LogP contribution is 2.35. The zero-order chi connectivity index (χ0) is 16.7. The maximum Gasteiger partial charge on any atom is 0.410 e. The van der Waals surface area contributed by atoms with Crippen LogP contribution in [0.2, 0.25) is 0 Å². The number of amides is 1. The molecule has 23 heavy (non-hydrogen) atoms. The average Bonchev–Trinajstić information content (AvgIpc) is 2.46. The number of likely N-dealkylation sites (tertiary alicyclic amines) is 1. The summed E-state index contributed by atoms with van der Waals surface area (Å²) < 4.78 is 25.8. The monoisotopic (exact) mass is 328 g/mol. The van der Waals surface area contributed by atoms with Gasteiger partial charge in [-0.1, -0.05) is 0 Å². The van der Waals surface area contributed by atoms with Crippen LogP contribution in [0.15, 0.2) is 0 Å². The number of rotatable bonds is 3. The molecule has 2 bridgehead atoms. The van der Waals surface area contributed by atoms with Crippen LogP contribution < -0.4 is 0 Å². The molecule has 3 heterocycles. The van der Waals surface area contributed by atoms with Crippen LogP contribution in [-0.4, -0.2) is 72.1 Å². The number of morpholine rings is 1. The van der Waals surface area contributed by atoms with E-state index in [1.807, 2.05) is 20.8 Å². The quantitative estimate of drug-likeness (QED) is 0.798. The number of piperidine rings is 1. The molecule has 3 rings (SSSR count). The van der Waals surface area contributed by atoms with Gasteiger partial charge in [0, 0.05) is 31.7 Å². The molecule has 3 saturated heterocycles. The van der Waals surface area contributed by atoms with E-state index in [0.717, 1.165) is 19.8 Å². The predicted molar refractivity (Wildman–Crippen MR) is 85.2 cm³/mol. The highest BCUT2D eigenvalue weighted by molar-refractivity contribution is 5.68. The van der Waals surface area contributed by atoms with E-state index in [1.54, 1.807) is 4.90 Å². The largest absolute Gasteiger partial charge is 0.444 e. The fourth-order valence-corrected chi connectivity index (χ4v) is 3.77. The summed E-state index contributed by atoms with van der Waals surface area (Å²) >= 11 is 0. The Kier molecular flexibility index (Phi) is 4.58. The van der Waals surface area contributed by atoms with Crippen molar-refractivity contribution in [1.29, 1.82) is 0 Å². The van der Waals surface area contributed by atoms with Crippen molar-refractivity contribution in [3.63, 3.8) is 0 Å². The van der Waals surface area contributed by atoms with Crippen LogP contribution in [0, 0.1) is 0 Å². The van der Waals surface area contributed by atoms with Crippen molar-refractivity contribution in [1.82, 2.24) is 9.80 Å². The Labute approximate surface area is 138 Å². The van der Waals surface area contributed by atoms with Crippen LogP contribution in [0.5, 0.6) is 0 Å². The molecule has 3 aliphatic heterocycles. The van der Waals surface area contributed by atoms with Crippen molar-refractivity contribution in [3.8, 4) is 0 Å². The second-order valence-electron chi connectivity index (χ2n) is 8.19. The molecule has 2 unspecified atom stereocenters. The van der Waals surface area contributed by atoms with Gasteiger partial charge in [-0.05, 0) is 46.5 Å². The smallest absolute Gasteiger partial charge is 0.410 e. The highest BCUT2D eigenvalue weighted by Gasteiger charge is 2.44. The molecule has 3 aliphatic rings. The van der Waals surface area contributed by atoms with Gasteiger partial charge in [-0.15, -0.1) is 0 Å². The number of nitrogens with zero attached hydrogens (tertiary/aromatic N) is 2. The third kappa shape index (κ3) is 3.97. The summed E-state index contributed by atoms with van der Waals surface area (Å²) in [6.07, 6.45) is 2.25. The first-order valence-corrected chi connectivity index (χ1v) is 8.76.